The van der Waals surface area contributed by atoms with E-state index in [1.54, 1.807) is 27.8 Å². The van der Waals surface area contributed by atoms with E-state index in [1.807, 2.05) is 0 Å². The van der Waals surface area contributed by atoms with Crippen LogP contribution >= 0.6 is 0 Å². The minimum atomic E-state index is -0.733. The number of phenolic OH excluding ortho intramolecular Hbond substituents is 1. The largest absolute Gasteiger partial charge is 0.503 e. The molecular formula is C15H22N2O5. The van der Waals surface area contributed by atoms with Gasteiger partial charge in [-0.1, -0.05) is 0 Å². The van der Waals surface area contributed by atoms with Gasteiger partial charge in [-0.3, -0.25) is 10.1 Å². The van der Waals surface area contributed by atoms with Gasteiger partial charge < -0.3 is 19.9 Å². The van der Waals surface area contributed by atoms with E-state index in [9.17, 15) is 14.7 Å². The lowest BCUT2D eigenvalue weighted by molar-refractivity contribution is 0.0635. The summed E-state index contributed by atoms with van der Waals surface area (Å²) in [5.74, 6) is -0.379. The first-order chi connectivity index (χ1) is 10.2. The molecule has 1 aromatic carbocycles. The van der Waals surface area contributed by atoms with Crippen LogP contribution in [0.3, 0.4) is 0 Å². The number of Topliss-reactive ketones (excluding diaryl/α,β-unsaturated/α-hetero) is 1. The third-order valence-corrected chi connectivity index (χ3v) is 2.59. The average molecular weight is 310 g/mol. The second kappa shape index (κ2) is 7.13. The number of ketones is 1. The first kappa shape index (κ1) is 17.8. The van der Waals surface area contributed by atoms with Crippen LogP contribution in [0.15, 0.2) is 12.1 Å². The van der Waals surface area contributed by atoms with Crippen LogP contribution < -0.4 is 15.4 Å². The van der Waals surface area contributed by atoms with Gasteiger partial charge in [0.05, 0.1) is 19.3 Å². The van der Waals surface area contributed by atoms with Gasteiger partial charge in [-0.05, 0) is 40.0 Å². The fourth-order valence-corrected chi connectivity index (χ4v) is 1.70. The third-order valence-electron chi connectivity index (χ3n) is 2.59. The molecule has 7 heteroatoms. The Labute approximate surface area is 129 Å². The number of hydrogen-bond donors (Lipinski definition) is 3. The Morgan fingerprint density at radius 2 is 1.91 bits per heavy atom. The van der Waals surface area contributed by atoms with E-state index in [-0.39, 0.29) is 29.5 Å². The number of phenols is 1. The molecule has 1 rings (SSSR count). The lowest BCUT2D eigenvalue weighted by Gasteiger charge is -2.20. The van der Waals surface area contributed by atoms with Gasteiger partial charge in [0.25, 0.3) is 0 Å². The summed E-state index contributed by atoms with van der Waals surface area (Å²) in [7, 11) is 3.01. The maximum absolute atomic E-state index is 11.9. The van der Waals surface area contributed by atoms with E-state index >= 15 is 0 Å². The Bertz CT molecular complexity index is 564. The van der Waals surface area contributed by atoms with E-state index in [0.717, 1.165) is 0 Å². The van der Waals surface area contributed by atoms with Crippen LogP contribution in [-0.4, -0.2) is 43.3 Å². The van der Waals surface area contributed by atoms with Gasteiger partial charge in [0.2, 0.25) is 0 Å². The average Bonchev–Trinajstić information content (AvgIpc) is 2.39. The first-order valence-electron chi connectivity index (χ1n) is 6.76. The summed E-state index contributed by atoms with van der Waals surface area (Å²) in [5.41, 5.74) is -0.327. The van der Waals surface area contributed by atoms with Gasteiger partial charge in [0, 0.05) is 5.56 Å². The topological polar surface area (TPSA) is 96.9 Å². The van der Waals surface area contributed by atoms with Gasteiger partial charge in [-0.2, -0.15) is 0 Å². The number of carbonyl (C=O) groups is 2. The number of rotatable bonds is 5. The highest BCUT2D eigenvalue weighted by molar-refractivity contribution is 6.00. The number of likely N-dealkylation sites (N-methyl/N-ethyl adjacent to an activating group) is 1. The fraction of sp³-hybridized carbons (Fsp3) is 0.467. The van der Waals surface area contributed by atoms with Gasteiger partial charge in [-0.15, -0.1) is 0 Å². The number of ether oxygens (including phenoxy) is 2. The van der Waals surface area contributed by atoms with Crippen molar-refractivity contribution >= 4 is 17.6 Å². The molecule has 0 saturated heterocycles. The van der Waals surface area contributed by atoms with Crippen molar-refractivity contribution in [1.29, 1.82) is 0 Å². The molecule has 22 heavy (non-hydrogen) atoms. The quantitative estimate of drug-likeness (QED) is 0.569. The lowest BCUT2D eigenvalue weighted by atomic mass is 10.1. The van der Waals surface area contributed by atoms with Crippen LogP contribution in [0.1, 0.15) is 31.1 Å². The van der Waals surface area contributed by atoms with E-state index < -0.39 is 11.7 Å². The smallest absolute Gasteiger partial charge is 0.412 e. The lowest BCUT2D eigenvalue weighted by Crippen LogP contribution is -2.27. The van der Waals surface area contributed by atoms with Crippen molar-refractivity contribution < 1.29 is 24.2 Å². The number of benzene rings is 1. The predicted octanol–water partition coefficient (Wildman–Crippen LogP) is 2.15. The zero-order chi connectivity index (χ0) is 16.9. The third kappa shape index (κ3) is 4.92. The Balaban J connectivity index is 3.09. The van der Waals surface area contributed by atoms with Crippen LogP contribution in [0.2, 0.25) is 0 Å². The molecule has 0 bridgehead atoms. The number of carbonyl (C=O) groups excluding carboxylic acids is 2. The van der Waals surface area contributed by atoms with Crippen molar-refractivity contribution in [3.05, 3.63) is 17.7 Å². The molecule has 0 saturated carbocycles. The summed E-state index contributed by atoms with van der Waals surface area (Å²) in [5, 5.41) is 15.2. The SMILES string of the molecule is CNCC(=O)c1cc(NC(=O)OC(C)(C)C)c(O)c(OC)c1. The molecule has 0 unspecified atom stereocenters. The first-order valence-corrected chi connectivity index (χ1v) is 6.76. The molecule has 0 spiro atoms. The standard InChI is InChI=1S/C15H22N2O5/c1-15(2,3)22-14(20)17-10-6-9(11(18)8-16-4)7-12(21-5)13(10)19/h6-7,16,19H,8H2,1-5H3,(H,17,20). The highest BCUT2D eigenvalue weighted by Gasteiger charge is 2.20. The molecule has 3 N–H and O–H groups in total. The van der Waals surface area contributed by atoms with Gasteiger partial charge >= 0.3 is 6.09 Å². The molecule has 1 aromatic rings. The Kier molecular flexibility index (Phi) is 5.76. The number of anilines is 1. The van der Waals surface area contributed by atoms with Crippen molar-refractivity contribution in [3.8, 4) is 11.5 Å². The van der Waals surface area contributed by atoms with E-state index in [1.165, 1.54) is 19.2 Å². The molecule has 1 amide bonds. The molecule has 0 aromatic heterocycles. The fourth-order valence-electron chi connectivity index (χ4n) is 1.70. The van der Waals surface area contributed by atoms with Crippen LogP contribution in [0.5, 0.6) is 11.5 Å². The maximum Gasteiger partial charge on any atom is 0.412 e. The van der Waals surface area contributed by atoms with E-state index in [4.69, 9.17) is 9.47 Å². The van der Waals surface area contributed by atoms with Crippen molar-refractivity contribution in [2.45, 2.75) is 26.4 Å². The monoisotopic (exact) mass is 310 g/mol. The summed E-state index contributed by atoms with van der Waals surface area (Å²) < 4.78 is 10.1. The predicted molar refractivity (Wildman–Crippen MR) is 82.8 cm³/mol. The molecule has 0 radical (unpaired) electrons. The normalized spacial score (nSPS) is 11.0. The van der Waals surface area contributed by atoms with Crippen LogP contribution in [0.4, 0.5) is 10.5 Å². The highest BCUT2D eigenvalue weighted by Crippen LogP contribution is 2.35. The second-order valence-electron chi connectivity index (χ2n) is 5.66. The molecule has 0 aliphatic heterocycles. The summed E-state index contributed by atoms with van der Waals surface area (Å²) in [6, 6.07) is 2.79. The molecule has 7 nitrogen and oxygen atoms in total. The minimum Gasteiger partial charge on any atom is -0.503 e. The molecule has 122 valence electrons. The van der Waals surface area contributed by atoms with E-state index in [0.29, 0.717) is 5.56 Å². The van der Waals surface area contributed by atoms with Crippen molar-refractivity contribution in [3.63, 3.8) is 0 Å². The Hall–Kier alpha value is -2.28. The highest BCUT2D eigenvalue weighted by atomic mass is 16.6. The van der Waals surface area contributed by atoms with Crippen LogP contribution in [0, 0.1) is 0 Å². The van der Waals surface area contributed by atoms with Crippen molar-refractivity contribution in [2.75, 3.05) is 26.0 Å². The summed E-state index contributed by atoms with van der Waals surface area (Å²) in [6.45, 7) is 5.29. The van der Waals surface area contributed by atoms with Gasteiger partial charge in [0.15, 0.2) is 17.3 Å². The number of amides is 1. The minimum absolute atomic E-state index is 0.0491. The van der Waals surface area contributed by atoms with Crippen LogP contribution in [-0.2, 0) is 4.74 Å². The summed E-state index contributed by atoms with van der Waals surface area (Å²) >= 11 is 0. The number of hydrogen-bond acceptors (Lipinski definition) is 6. The molecule has 0 atom stereocenters. The molecule has 0 aliphatic carbocycles. The van der Waals surface area contributed by atoms with Crippen molar-refractivity contribution in [1.82, 2.24) is 5.32 Å². The maximum atomic E-state index is 11.9. The Morgan fingerprint density at radius 1 is 1.27 bits per heavy atom. The van der Waals surface area contributed by atoms with Gasteiger partial charge in [-0.25, -0.2) is 4.79 Å². The molecular weight excluding hydrogens is 288 g/mol. The molecule has 0 aliphatic rings. The molecule has 0 fully saturated rings. The zero-order valence-electron chi connectivity index (χ0n) is 13.4. The number of nitrogens with one attached hydrogen (secondary N) is 2. The summed E-state index contributed by atoms with van der Waals surface area (Å²) in [6.07, 6.45) is -0.733. The number of aromatic hydroxyl groups is 1. The molecule has 0 heterocycles. The zero-order valence-corrected chi connectivity index (χ0v) is 13.4. The van der Waals surface area contributed by atoms with Crippen LogP contribution in [0.25, 0.3) is 0 Å². The van der Waals surface area contributed by atoms with Gasteiger partial charge in [0.1, 0.15) is 5.60 Å². The Morgan fingerprint density at radius 3 is 2.41 bits per heavy atom. The number of methoxy groups -OCH3 is 1. The second-order valence-corrected chi connectivity index (χ2v) is 5.66. The summed E-state index contributed by atoms with van der Waals surface area (Å²) in [4.78, 5) is 23.8. The van der Waals surface area contributed by atoms with Crippen molar-refractivity contribution in [2.24, 2.45) is 0 Å². The van der Waals surface area contributed by atoms with E-state index in [2.05, 4.69) is 10.6 Å².